The zero-order valence-corrected chi connectivity index (χ0v) is 6.53. The Morgan fingerprint density at radius 1 is 1.18 bits per heavy atom. The van der Waals surface area contributed by atoms with E-state index >= 15 is 0 Å². The predicted octanol–water partition coefficient (Wildman–Crippen LogP) is 3.23. The second-order valence-corrected chi connectivity index (χ2v) is 3.06. The quantitative estimate of drug-likeness (QED) is 0.521. The summed E-state index contributed by atoms with van der Waals surface area (Å²) in [4.78, 5) is 0. The Morgan fingerprint density at radius 3 is 2.82 bits per heavy atom. The molecule has 0 bridgehead atoms. The van der Waals surface area contributed by atoms with Crippen LogP contribution in [0.2, 0.25) is 0 Å². The van der Waals surface area contributed by atoms with Crippen molar-refractivity contribution in [1.82, 2.24) is 0 Å². The third-order valence-corrected chi connectivity index (χ3v) is 2.08. The minimum Gasteiger partial charge on any atom is -0.206 e. The third-order valence-electron chi connectivity index (χ3n) is 1.82. The molecular formula is C9H6ClF. The molecule has 56 valence electrons. The zero-order chi connectivity index (χ0) is 7.84. The maximum Gasteiger partial charge on any atom is 0.130 e. The van der Waals surface area contributed by atoms with Crippen LogP contribution < -0.4 is 0 Å². The number of hydrogen-bond donors (Lipinski definition) is 0. The molecule has 0 aromatic carbocycles. The van der Waals surface area contributed by atoms with Gasteiger partial charge in [-0.05, 0) is 17.7 Å². The summed E-state index contributed by atoms with van der Waals surface area (Å²) in [5.74, 6) is -0.152. The van der Waals surface area contributed by atoms with E-state index in [1.54, 1.807) is 18.2 Å². The lowest BCUT2D eigenvalue weighted by atomic mass is 10.0. The van der Waals surface area contributed by atoms with Crippen LogP contribution in [-0.4, -0.2) is 0 Å². The molecule has 0 N–H and O–H groups in total. The number of fused-ring (bicyclic) bond motifs is 1. The first-order chi connectivity index (χ1) is 5.27. The van der Waals surface area contributed by atoms with E-state index in [4.69, 9.17) is 11.6 Å². The molecule has 0 aliphatic heterocycles. The van der Waals surface area contributed by atoms with E-state index in [1.807, 2.05) is 0 Å². The number of rotatable bonds is 0. The normalized spacial score (nSPS) is 21.6. The summed E-state index contributed by atoms with van der Waals surface area (Å²) in [6, 6.07) is 0. The summed E-state index contributed by atoms with van der Waals surface area (Å²) in [6.45, 7) is 0. The highest BCUT2D eigenvalue weighted by atomic mass is 35.5. The maximum atomic E-state index is 12.9. The van der Waals surface area contributed by atoms with E-state index in [1.165, 1.54) is 6.08 Å². The van der Waals surface area contributed by atoms with Crippen molar-refractivity contribution < 1.29 is 4.39 Å². The van der Waals surface area contributed by atoms with Gasteiger partial charge in [0.05, 0.1) is 0 Å². The molecule has 0 nitrogen and oxygen atoms in total. The van der Waals surface area contributed by atoms with Crippen LogP contribution in [0.25, 0.3) is 0 Å². The van der Waals surface area contributed by atoms with Crippen LogP contribution in [0.15, 0.2) is 46.3 Å². The summed E-state index contributed by atoms with van der Waals surface area (Å²) < 4.78 is 12.9. The van der Waals surface area contributed by atoms with Gasteiger partial charge in [-0.2, -0.15) is 0 Å². The molecule has 0 radical (unpaired) electrons. The van der Waals surface area contributed by atoms with Crippen molar-refractivity contribution in [3.8, 4) is 0 Å². The van der Waals surface area contributed by atoms with Gasteiger partial charge in [-0.15, -0.1) is 0 Å². The van der Waals surface area contributed by atoms with E-state index in [-0.39, 0.29) is 5.83 Å². The van der Waals surface area contributed by atoms with Crippen molar-refractivity contribution in [3.05, 3.63) is 46.3 Å². The Bertz CT molecular complexity index is 318. The number of allylic oxidation sites excluding steroid dienone is 8. The van der Waals surface area contributed by atoms with Crippen molar-refractivity contribution in [2.24, 2.45) is 0 Å². The van der Waals surface area contributed by atoms with E-state index in [2.05, 4.69) is 0 Å². The van der Waals surface area contributed by atoms with Gasteiger partial charge < -0.3 is 0 Å². The Morgan fingerprint density at radius 2 is 2.00 bits per heavy atom. The molecule has 0 fully saturated rings. The van der Waals surface area contributed by atoms with E-state index in [0.29, 0.717) is 12.0 Å². The first-order valence-electron chi connectivity index (χ1n) is 3.41. The average molecular weight is 169 g/mol. The van der Waals surface area contributed by atoms with Crippen LogP contribution in [0.4, 0.5) is 4.39 Å². The molecule has 11 heavy (non-hydrogen) atoms. The summed E-state index contributed by atoms with van der Waals surface area (Å²) in [5, 5.41) is 0.767. The summed E-state index contributed by atoms with van der Waals surface area (Å²) in [7, 11) is 0. The zero-order valence-electron chi connectivity index (χ0n) is 5.77. The fourth-order valence-corrected chi connectivity index (χ4v) is 1.47. The van der Waals surface area contributed by atoms with Gasteiger partial charge in [-0.3, -0.25) is 0 Å². The first-order valence-corrected chi connectivity index (χ1v) is 3.78. The molecule has 0 aromatic heterocycles. The van der Waals surface area contributed by atoms with E-state index in [9.17, 15) is 4.39 Å². The number of hydrogen-bond acceptors (Lipinski definition) is 0. The lowest BCUT2D eigenvalue weighted by Crippen LogP contribution is -1.91. The Balaban J connectivity index is 2.43. The molecule has 0 saturated heterocycles. The third kappa shape index (κ3) is 1.05. The van der Waals surface area contributed by atoms with Crippen molar-refractivity contribution in [2.45, 2.75) is 6.42 Å². The predicted molar refractivity (Wildman–Crippen MR) is 43.9 cm³/mol. The fourth-order valence-electron chi connectivity index (χ4n) is 1.26. The monoisotopic (exact) mass is 168 g/mol. The molecule has 0 heterocycles. The standard InChI is InChI=1S/C9H6ClF/c10-7-2-3-8-6(5-7)1-4-9(8)11/h1-4H,5H2. The molecule has 0 spiro atoms. The first kappa shape index (κ1) is 6.86. The van der Waals surface area contributed by atoms with Gasteiger partial charge in [0.25, 0.3) is 0 Å². The second-order valence-electron chi connectivity index (χ2n) is 2.58. The molecule has 2 aliphatic rings. The van der Waals surface area contributed by atoms with Crippen LogP contribution in [0, 0.1) is 0 Å². The van der Waals surface area contributed by atoms with Gasteiger partial charge in [0.15, 0.2) is 0 Å². The molecule has 2 rings (SSSR count). The molecule has 0 unspecified atom stereocenters. The minimum absolute atomic E-state index is 0.152. The molecule has 2 aliphatic carbocycles. The Kier molecular flexibility index (Phi) is 1.46. The largest absolute Gasteiger partial charge is 0.206 e. The molecule has 0 atom stereocenters. The van der Waals surface area contributed by atoms with Crippen molar-refractivity contribution >= 4 is 11.6 Å². The van der Waals surface area contributed by atoms with E-state index < -0.39 is 0 Å². The van der Waals surface area contributed by atoms with Gasteiger partial charge in [-0.1, -0.05) is 23.8 Å². The fraction of sp³-hybridized carbons (Fsp3) is 0.111. The van der Waals surface area contributed by atoms with Gasteiger partial charge in [0.2, 0.25) is 0 Å². The topological polar surface area (TPSA) is 0 Å². The molecule has 0 aromatic rings. The van der Waals surface area contributed by atoms with Crippen molar-refractivity contribution in [2.75, 3.05) is 0 Å². The minimum atomic E-state index is -0.152. The maximum absolute atomic E-state index is 12.9. The van der Waals surface area contributed by atoms with Crippen LogP contribution in [-0.2, 0) is 0 Å². The molecule has 2 heteroatoms. The summed E-state index contributed by atoms with van der Waals surface area (Å²) >= 11 is 5.76. The Labute approximate surface area is 69.4 Å². The highest BCUT2D eigenvalue weighted by molar-refractivity contribution is 6.30. The van der Waals surface area contributed by atoms with Gasteiger partial charge in [-0.25, -0.2) is 4.39 Å². The lowest BCUT2D eigenvalue weighted by molar-refractivity contribution is 0.657. The molecule has 0 saturated carbocycles. The lowest BCUT2D eigenvalue weighted by Gasteiger charge is -2.08. The van der Waals surface area contributed by atoms with Gasteiger partial charge >= 0.3 is 0 Å². The second kappa shape index (κ2) is 2.35. The smallest absolute Gasteiger partial charge is 0.130 e. The SMILES string of the molecule is FC1=CC=C2CC(Cl)=CC=C12. The highest BCUT2D eigenvalue weighted by Crippen LogP contribution is 2.35. The van der Waals surface area contributed by atoms with Crippen molar-refractivity contribution in [1.29, 1.82) is 0 Å². The summed E-state index contributed by atoms with van der Waals surface area (Å²) in [6.07, 6.45) is 7.38. The molecular weight excluding hydrogens is 163 g/mol. The molecule has 0 amide bonds. The van der Waals surface area contributed by atoms with Crippen LogP contribution >= 0.6 is 11.6 Å². The van der Waals surface area contributed by atoms with Gasteiger partial charge in [0, 0.05) is 17.0 Å². The number of halogens is 2. The Hall–Kier alpha value is -0.820. The van der Waals surface area contributed by atoms with Crippen LogP contribution in [0.1, 0.15) is 6.42 Å². The van der Waals surface area contributed by atoms with E-state index in [0.717, 1.165) is 10.6 Å². The van der Waals surface area contributed by atoms with Crippen LogP contribution in [0.3, 0.4) is 0 Å². The average Bonchev–Trinajstić information content (AvgIpc) is 2.32. The van der Waals surface area contributed by atoms with Crippen molar-refractivity contribution in [3.63, 3.8) is 0 Å². The van der Waals surface area contributed by atoms with Crippen LogP contribution in [0.5, 0.6) is 0 Å². The summed E-state index contributed by atoms with van der Waals surface area (Å²) in [5.41, 5.74) is 1.67. The van der Waals surface area contributed by atoms with Gasteiger partial charge in [0.1, 0.15) is 5.83 Å². The highest BCUT2D eigenvalue weighted by Gasteiger charge is 2.17.